The molecule has 1 aliphatic rings. The van der Waals surface area contributed by atoms with Crippen LogP contribution in [0.15, 0.2) is 48.9 Å². The van der Waals surface area contributed by atoms with Crippen LogP contribution in [-0.2, 0) is 4.74 Å². The number of nitrogens with two attached hydrogens (primary N) is 1. The number of methoxy groups -OCH3 is 1. The highest BCUT2D eigenvalue weighted by atomic mass is 19.1. The van der Waals surface area contributed by atoms with Gasteiger partial charge in [-0.15, -0.1) is 0 Å². The quantitative estimate of drug-likeness (QED) is 0.284. The van der Waals surface area contributed by atoms with E-state index in [0.29, 0.717) is 30.2 Å². The number of likely N-dealkylation sites (N-methyl/N-ethyl adjacent to an activating group) is 1. The van der Waals surface area contributed by atoms with E-state index in [0.717, 1.165) is 17.8 Å². The largest absolute Gasteiger partial charge is 0.491 e. The van der Waals surface area contributed by atoms with Gasteiger partial charge in [0.2, 0.25) is 5.95 Å². The third kappa shape index (κ3) is 5.63. The van der Waals surface area contributed by atoms with Crippen molar-refractivity contribution in [2.45, 2.75) is 19.0 Å². The second-order valence-corrected chi connectivity index (χ2v) is 10.1. The Morgan fingerprint density at radius 1 is 1.21 bits per heavy atom. The Labute approximate surface area is 240 Å². The number of hydrogen-bond donors (Lipinski definition) is 3. The number of carbonyl (C=O) groups excluding carboxylic acids is 1. The lowest BCUT2D eigenvalue weighted by molar-refractivity contribution is 0.0906. The van der Waals surface area contributed by atoms with Gasteiger partial charge >= 0.3 is 6.09 Å². The van der Waals surface area contributed by atoms with Gasteiger partial charge in [-0.05, 0) is 24.1 Å². The number of aliphatic hydroxyl groups excluding tert-OH is 1. The molecule has 1 aliphatic heterocycles. The molecule has 1 amide bonds. The van der Waals surface area contributed by atoms with E-state index >= 15 is 0 Å². The summed E-state index contributed by atoms with van der Waals surface area (Å²) in [6.07, 6.45) is 4.46. The Kier molecular flexibility index (Phi) is 8.36. The molecular weight excluding hydrogens is 550 g/mol. The predicted molar refractivity (Wildman–Crippen MR) is 152 cm³/mol. The third-order valence-corrected chi connectivity index (χ3v) is 7.27. The summed E-state index contributed by atoms with van der Waals surface area (Å²) in [7, 11) is 3.03. The first kappa shape index (κ1) is 29.0. The van der Waals surface area contributed by atoms with E-state index in [2.05, 4.69) is 25.3 Å². The number of nitrogens with one attached hydrogen (secondary N) is 1. The van der Waals surface area contributed by atoms with Gasteiger partial charge in [-0.3, -0.25) is 4.98 Å². The van der Waals surface area contributed by atoms with Crippen LogP contribution in [0.5, 0.6) is 5.75 Å². The summed E-state index contributed by atoms with van der Waals surface area (Å²) in [5.41, 5.74) is 8.31. The second-order valence-electron chi connectivity index (χ2n) is 10.1. The molecule has 12 nitrogen and oxygen atoms in total. The van der Waals surface area contributed by atoms with Crippen molar-refractivity contribution in [3.63, 3.8) is 0 Å². The number of aromatic nitrogens is 4. The number of carbonyl (C=O) groups is 1. The number of nitrogens with zero attached hydrogens (tertiary/aromatic N) is 6. The van der Waals surface area contributed by atoms with E-state index in [1.165, 1.54) is 17.7 Å². The molecular formula is C28H32F2N8O4. The van der Waals surface area contributed by atoms with Crippen LogP contribution in [0.4, 0.5) is 30.9 Å². The Balaban J connectivity index is 1.42. The molecule has 1 fully saturated rings. The van der Waals surface area contributed by atoms with Crippen molar-refractivity contribution in [3.05, 3.63) is 60.6 Å². The minimum Gasteiger partial charge on any atom is -0.491 e. The van der Waals surface area contributed by atoms with Crippen LogP contribution in [0, 0.1) is 17.6 Å². The van der Waals surface area contributed by atoms with Crippen molar-refractivity contribution in [2.75, 3.05) is 50.7 Å². The normalized spacial score (nSPS) is 18.6. The third-order valence-electron chi connectivity index (χ3n) is 7.27. The molecule has 3 unspecified atom stereocenters. The highest BCUT2D eigenvalue weighted by Crippen LogP contribution is 2.33. The number of aliphatic hydroxyl groups is 1. The molecule has 0 radical (unpaired) electrons. The van der Waals surface area contributed by atoms with E-state index in [1.807, 2.05) is 13.0 Å². The van der Waals surface area contributed by atoms with Gasteiger partial charge in [0, 0.05) is 44.5 Å². The zero-order valence-electron chi connectivity index (χ0n) is 23.4. The summed E-state index contributed by atoms with van der Waals surface area (Å²) in [6, 6.07) is 6.56. The highest BCUT2D eigenvalue weighted by molar-refractivity contribution is 5.74. The first-order chi connectivity index (χ1) is 20.2. The Hall–Kier alpha value is -4.56. The Morgan fingerprint density at radius 2 is 1.98 bits per heavy atom. The molecule has 1 aromatic carbocycles. The van der Waals surface area contributed by atoms with Gasteiger partial charge in [0.15, 0.2) is 0 Å². The fourth-order valence-corrected chi connectivity index (χ4v) is 5.47. The monoisotopic (exact) mass is 582 g/mol. The minimum absolute atomic E-state index is 0.0283. The number of pyridine rings is 1. The lowest BCUT2D eigenvalue weighted by Gasteiger charge is -2.45. The molecule has 1 saturated heterocycles. The van der Waals surface area contributed by atoms with Gasteiger partial charge in [-0.1, -0.05) is 6.92 Å². The summed E-state index contributed by atoms with van der Waals surface area (Å²) in [5.74, 6) is -1.41. The van der Waals surface area contributed by atoms with E-state index < -0.39 is 17.7 Å². The molecule has 0 saturated carbocycles. The molecule has 3 aromatic heterocycles. The molecule has 222 valence electrons. The van der Waals surface area contributed by atoms with Gasteiger partial charge in [0.25, 0.3) is 0 Å². The Morgan fingerprint density at radius 3 is 2.67 bits per heavy atom. The number of halogens is 2. The fourth-order valence-electron chi connectivity index (χ4n) is 5.47. The maximum atomic E-state index is 14.9. The predicted octanol–water partition coefficient (Wildman–Crippen LogP) is 3.03. The van der Waals surface area contributed by atoms with Crippen LogP contribution in [0.2, 0.25) is 0 Å². The topological polar surface area (TPSA) is 143 Å². The lowest BCUT2D eigenvalue weighted by Crippen LogP contribution is -2.62. The minimum atomic E-state index is -0.856. The van der Waals surface area contributed by atoms with E-state index in [-0.39, 0.29) is 48.2 Å². The highest BCUT2D eigenvalue weighted by Gasteiger charge is 2.38. The van der Waals surface area contributed by atoms with Gasteiger partial charge < -0.3 is 35.4 Å². The molecule has 42 heavy (non-hydrogen) atoms. The number of hydrogen-bond acceptors (Lipinski definition) is 10. The van der Waals surface area contributed by atoms with Gasteiger partial charge in [-0.2, -0.15) is 9.61 Å². The van der Waals surface area contributed by atoms with Crippen molar-refractivity contribution in [2.24, 2.45) is 11.7 Å². The average molecular weight is 583 g/mol. The van der Waals surface area contributed by atoms with Crippen molar-refractivity contribution in [3.8, 4) is 17.0 Å². The molecule has 14 heteroatoms. The molecule has 3 atom stereocenters. The van der Waals surface area contributed by atoms with Gasteiger partial charge in [-0.25, -0.2) is 18.6 Å². The summed E-state index contributed by atoms with van der Waals surface area (Å²) in [6.45, 7) is 2.74. The van der Waals surface area contributed by atoms with Gasteiger partial charge in [0.1, 0.15) is 24.0 Å². The van der Waals surface area contributed by atoms with Crippen LogP contribution in [-0.4, -0.2) is 88.2 Å². The summed E-state index contributed by atoms with van der Waals surface area (Å²) in [4.78, 5) is 24.5. The van der Waals surface area contributed by atoms with E-state index in [9.17, 15) is 13.6 Å². The van der Waals surface area contributed by atoms with Gasteiger partial charge in [0.05, 0.1) is 60.3 Å². The maximum Gasteiger partial charge on any atom is 0.409 e. The van der Waals surface area contributed by atoms with Crippen molar-refractivity contribution in [1.29, 1.82) is 0 Å². The zero-order chi connectivity index (χ0) is 30.0. The second kappa shape index (κ2) is 12.1. The van der Waals surface area contributed by atoms with Crippen LogP contribution >= 0.6 is 0 Å². The van der Waals surface area contributed by atoms with Crippen molar-refractivity contribution >= 4 is 28.9 Å². The zero-order valence-corrected chi connectivity index (χ0v) is 23.4. The average Bonchev–Trinajstić information content (AvgIpc) is 3.37. The van der Waals surface area contributed by atoms with E-state index in [1.54, 1.807) is 36.6 Å². The van der Waals surface area contributed by atoms with Crippen LogP contribution < -0.4 is 20.7 Å². The summed E-state index contributed by atoms with van der Waals surface area (Å²) in [5, 5.41) is 16.6. The standard InChI is InChI=1S/C28H32F2N8O4/c1-16-14-37(15-21(31)26(16)36(2)28(40)41-3)24-6-7-32-13-23(24)34-27-33-12-17-4-5-22(35-38(17)27)25-19(29)10-18(11-20(25)30)42-9-8-39/h4-7,10-13,16,21,26,39H,8-9,14-15,31H2,1-3H3,(H,33,34). The number of fused-ring (bicyclic) bond motifs is 1. The number of imidazole rings is 1. The smallest absolute Gasteiger partial charge is 0.409 e. The van der Waals surface area contributed by atoms with E-state index in [4.69, 9.17) is 20.3 Å². The molecule has 0 aliphatic carbocycles. The first-order valence-electron chi connectivity index (χ1n) is 13.3. The van der Waals surface area contributed by atoms with Crippen LogP contribution in [0.25, 0.3) is 16.8 Å². The summed E-state index contributed by atoms with van der Waals surface area (Å²) >= 11 is 0. The lowest BCUT2D eigenvalue weighted by atomic mass is 9.89. The van der Waals surface area contributed by atoms with Crippen molar-refractivity contribution < 1.29 is 28.2 Å². The van der Waals surface area contributed by atoms with Crippen molar-refractivity contribution in [1.82, 2.24) is 24.5 Å². The first-order valence-corrected chi connectivity index (χ1v) is 13.3. The number of anilines is 3. The molecule has 5 rings (SSSR count). The molecule has 4 heterocycles. The Bertz CT molecular complexity index is 1550. The number of amides is 1. The molecule has 4 aromatic rings. The fraction of sp³-hybridized carbons (Fsp3) is 0.357. The molecule has 0 bridgehead atoms. The maximum absolute atomic E-state index is 14.9. The number of ether oxygens (including phenoxy) is 2. The molecule has 4 N–H and O–H groups in total. The van der Waals surface area contributed by atoms with Crippen LogP contribution in [0.1, 0.15) is 6.92 Å². The number of benzene rings is 1. The SMILES string of the molecule is COC(=O)N(C)C1C(C)CN(c2ccncc2Nc2ncc3ccc(-c4c(F)cc(OCCO)cc4F)nn23)CC1N. The molecule has 0 spiro atoms. The van der Waals surface area contributed by atoms with Crippen LogP contribution in [0.3, 0.4) is 0 Å². The number of piperidine rings is 1. The number of rotatable bonds is 8. The summed E-state index contributed by atoms with van der Waals surface area (Å²) < 4.78 is 41.4.